The van der Waals surface area contributed by atoms with E-state index in [1.165, 1.54) is 11.3 Å². The van der Waals surface area contributed by atoms with Crippen LogP contribution in [0.2, 0.25) is 0 Å². The van der Waals surface area contributed by atoms with Crippen LogP contribution in [0.15, 0.2) is 63.2 Å². The average Bonchev–Trinajstić information content (AvgIpc) is 3.40. The fraction of sp³-hybridized carbons (Fsp3) is 0.217. The number of ether oxygens (including phenoxy) is 1. The third-order valence-electron chi connectivity index (χ3n) is 4.79. The SMILES string of the molecule is CCOc1cccc2cc(-c3csc(NC(=O)CCS(=O)(=O)c4ccc(C)cc4)n3)oc12. The third kappa shape index (κ3) is 4.84. The maximum Gasteiger partial charge on any atom is 0.227 e. The van der Waals surface area contributed by atoms with Crippen molar-refractivity contribution in [3.8, 4) is 17.2 Å². The Bertz CT molecular complexity index is 1350. The van der Waals surface area contributed by atoms with Crippen molar-refractivity contribution in [3.05, 3.63) is 59.5 Å². The fourth-order valence-corrected chi connectivity index (χ4v) is 5.10. The Morgan fingerprint density at radius 2 is 1.97 bits per heavy atom. The predicted octanol–water partition coefficient (Wildman–Crippen LogP) is 5.07. The molecule has 0 saturated heterocycles. The summed E-state index contributed by atoms with van der Waals surface area (Å²) in [6.45, 7) is 4.32. The van der Waals surface area contributed by atoms with E-state index in [1.807, 2.05) is 38.1 Å². The number of hydrogen-bond donors (Lipinski definition) is 1. The Kier molecular flexibility index (Phi) is 6.29. The summed E-state index contributed by atoms with van der Waals surface area (Å²) in [6, 6.07) is 14.1. The molecule has 0 aliphatic rings. The minimum atomic E-state index is -3.53. The Labute approximate surface area is 190 Å². The van der Waals surface area contributed by atoms with Gasteiger partial charge < -0.3 is 14.5 Å². The molecule has 0 spiro atoms. The van der Waals surface area contributed by atoms with Gasteiger partial charge in [-0.25, -0.2) is 13.4 Å². The minimum absolute atomic E-state index is 0.159. The molecule has 2 aromatic carbocycles. The highest BCUT2D eigenvalue weighted by Crippen LogP contribution is 2.34. The maximum absolute atomic E-state index is 12.4. The van der Waals surface area contributed by atoms with Crippen LogP contribution >= 0.6 is 11.3 Å². The molecule has 0 saturated carbocycles. The highest BCUT2D eigenvalue weighted by atomic mass is 32.2. The van der Waals surface area contributed by atoms with Crippen LogP contribution in [0.25, 0.3) is 22.4 Å². The number of para-hydroxylation sites is 1. The summed E-state index contributed by atoms with van der Waals surface area (Å²) in [7, 11) is -3.53. The number of nitrogens with zero attached hydrogens (tertiary/aromatic N) is 1. The maximum atomic E-state index is 12.4. The van der Waals surface area contributed by atoms with Gasteiger partial charge >= 0.3 is 0 Å². The monoisotopic (exact) mass is 470 g/mol. The smallest absolute Gasteiger partial charge is 0.227 e. The fourth-order valence-electron chi connectivity index (χ4n) is 3.15. The number of carbonyl (C=O) groups is 1. The van der Waals surface area contributed by atoms with Gasteiger partial charge in [0.05, 0.1) is 17.3 Å². The first-order valence-corrected chi connectivity index (χ1v) is 12.6. The molecule has 9 heteroatoms. The number of thiazole rings is 1. The zero-order valence-electron chi connectivity index (χ0n) is 17.6. The second-order valence-electron chi connectivity index (χ2n) is 7.19. The number of sulfone groups is 1. The van der Waals surface area contributed by atoms with Crippen LogP contribution in [0.5, 0.6) is 5.75 Å². The molecule has 4 rings (SSSR count). The molecule has 1 amide bonds. The van der Waals surface area contributed by atoms with Crippen molar-refractivity contribution in [2.24, 2.45) is 0 Å². The number of furan rings is 1. The second kappa shape index (κ2) is 9.13. The zero-order chi connectivity index (χ0) is 22.7. The molecule has 32 heavy (non-hydrogen) atoms. The standard InChI is InChI=1S/C23H22N2O5S2/c1-3-29-19-6-4-5-16-13-20(30-22(16)19)18-14-31-23(24-18)25-21(26)11-12-32(27,28)17-9-7-15(2)8-10-17/h4-10,13-14H,3,11-12H2,1-2H3,(H,24,25,26). The molecule has 0 fully saturated rings. The van der Waals surface area contributed by atoms with Crippen LogP contribution < -0.4 is 10.1 Å². The third-order valence-corrected chi connectivity index (χ3v) is 7.28. The van der Waals surface area contributed by atoms with Gasteiger partial charge in [0.25, 0.3) is 0 Å². The lowest BCUT2D eigenvalue weighted by molar-refractivity contribution is -0.115. The van der Waals surface area contributed by atoms with Crippen molar-refractivity contribution in [1.82, 2.24) is 4.98 Å². The van der Waals surface area contributed by atoms with E-state index in [2.05, 4.69) is 10.3 Å². The number of rotatable bonds is 8. The second-order valence-corrected chi connectivity index (χ2v) is 10.2. The van der Waals surface area contributed by atoms with Crippen LogP contribution in [0.1, 0.15) is 18.9 Å². The van der Waals surface area contributed by atoms with Crippen molar-refractivity contribution < 1.29 is 22.4 Å². The van der Waals surface area contributed by atoms with E-state index in [0.717, 1.165) is 10.9 Å². The largest absolute Gasteiger partial charge is 0.490 e. The molecular weight excluding hydrogens is 448 g/mol. The highest BCUT2D eigenvalue weighted by molar-refractivity contribution is 7.91. The lowest BCUT2D eigenvalue weighted by Crippen LogP contribution is -2.17. The molecule has 0 aliphatic heterocycles. The first kappa shape index (κ1) is 22.0. The number of fused-ring (bicyclic) bond motifs is 1. The number of benzene rings is 2. The highest BCUT2D eigenvalue weighted by Gasteiger charge is 2.18. The lowest BCUT2D eigenvalue weighted by Gasteiger charge is -2.05. The van der Waals surface area contributed by atoms with Gasteiger partial charge in [-0.1, -0.05) is 29.8 Å². The van der Waals surface area contributed by atoms with Crippen molar-refractivity contribution in [3.63, 3.8) is 0 Å². The van der Waals surface area contributed by atoms with Crippen LogP contribution in [0.3, 0.4) is 0 Å². The molecular formula is C23H22N2O5S2. The van der Waals surface area contributed by atoms with E-state index in [0.29, 0.717) is 34.5 Å². The molecule has 1 N–H and O–H groups in total. The van der Waals surface area contributed by atoms with Crippen LogP contribution in [0, 0.1) is 6.92 Å². The van der Waals surface area contributed by atoms with Gasteiger partial charge in [0.2, 0.25) is 5.91 Å². The summed E-state index contributed by atoms with van der Waals surface area (Å²) in [5, 5.41) is 5.72. The number of aryl methyl sites for hydroxylation is 1. The Balaban J connectivity index is 1.42. The molecule has 0 atom stereocenters. The molecule has 0 unspecified atom stereocenters. The number of hydrogen-bond acceptors (Lipinski definition) is 7. The van der Waals surface area contributed by atoms with Crippen molar-refractivity contribution in [1.29, 1.82) is 0 Å². The van der Waals surface area contributed by atoms with Gasteiger partial charge in [-0.15, -0.1) is 11.3 Å². The summed E-state index contributed by atoms with van der Waals surface area (Å²) in [4.78, 5) is 16.9. The molecule has 2 heterocycles. The number of anilines is 1. The van der Waals surface area contributed by atoms with Crippen LogP contribution in [-0.4, -0.2) is 31.7 Å². The topological polar surface area (TPSA) is 98.5 Å². The molecule has 4 aromatic rings. The summed E-state index contributed by atoms with van der Waals surface area (Å²) >= 11 is 1.24. The van der Waals surface area contributed by atoms with E-state index in [4.69, 9.17) is 9.15 Å². The molecule has 2 aromatic heterocycles. The number of carbonyl (C=O) groups excluding carboxylic acids is 1. The summed E-state index contributed by atoms with van der Waals surface area (Å²) < 4.78 is 36.4. The quantitative estimate of drug-likeness (QED) is 0.386. The van der Waals surface area contributed by atoms with E-state index in [1.54, 1.807) is 29.6 Å². The van der Waals surface area contributed by atoms with Gasteiger partial charge in [0.15, 0.2) is 32.1 Å². The lowest BCUT2D eigenvalue weighted by atomic mass is 10.2. The van der Waals surface area contributed by atoms with Crippen LogP contribution in [0.4, 0.5) is 5.13 Å². The van der Waals surface area contributed by atoms with E-state index >= 15 is 0 Å². The summed E-state index contributed by atoms with van der Waals surface area (Å²) in [5.41, 5.74) is 2.19. The zero-order valence-corrected chi connectivity index (χ0v) is 19.3. The molecule has 0 aliphatic carbocycles. The Morgan fingerprint density at radius 3 is 2.72 bits per heavy atom. The average molecular weight is 471 g/mol. The number of amides is 1. The van der Waals surface area contributed by atoms with Gasteiger partial charge in [0, 0.05) is 17.2 Å². The molecule has 0 bridgehead atoms. The predicted molar refractivity (Wildman–Crippen MR) is 125 cm³/mol. The van der Waals surface area contributed by atoms with E-state index < -0.39 is 15.7 Å². The summed E-state index contributed by atoms with van der Waals surface area (Å²) in [5.74, 6) is 0.537. The van der Waals surface area contributed by atoms with Crippen LogP contribution in [-0.2, 0) is 14.6 Å². The van der Waals surface area contributed by atoms with Gasteiger partial charge in [-0.05, 0) is 38.1 Å². The number of nitrogens with one attached hydrogen (secondary N) is 1. The first-order chi connectivity index (χ1) is 15.4. The van der Waals surface area contributed by atoms with Gasteiger partial charge in [-0.3, -0.25) is 4.79 Å². The first-order valence-electron chi connectivity index (χ1n) is 10.1. The molecule has 166 valence electrons. The van der Waals surface area contributed by atoms with Crippen molar-refractivity contribution in [2.45, 2.75) is 25.2 Å². The van der Waals surface area contributed by atoms with Crippen molar-refractivity contribution in [2.75, 3.05) is 17.7 Å². The van der Waals surface area contributed by atoms with Gasteiger partial charge in [0.1, 0.15) is 5.69 Å². The Hall–Kier alpha value is -3.17. The minimum Gasteiger partial charge on any atom is -0.490 e. The molecule has 7 nitrogen and oxygen atoms in total. The van der Waals surface area contributed by atoms with Gasteiger partial charge in [-0.2, -0.15) is 0 Å². The van der Waals surface area contributed by atoms with Crippen molar-refractivity contribution >= 4 is 43.2 Å². The number of aromatic nitrogens is 1. The van der Waals surface area contributed by atoms with E-state index in [-0.39, 0.29) is 17.1 Å². The normalized spacial score (nSPS) is 11.6. The Morgan fingerprint density at radius 1 is 1.19 bits per heavy atom. The summed E-state index contributed by atoms with van der Waals surface area (Å²) in [6.07, 6.45) is -0.159. The van der Waals surface area contributed by atoms with E-state index in [9.17, 15) is 13.2 Å². The molecule has 0 radical (unpaired) electrons.